The average Bonchev–Trinajstić information content (AvgIpc) is 3.41. The molecular weight excluding hydrogens is 514 g/mol. The van der Waals surface area contributed by atoms with Gasteiger partial charge in [-0.05, 0) is 82.2 Å². The number of piperidine rings is 2. The zero-order valence-corrected chi connectivity index (χ0v) is 23.6. The lowest BCUT2D eigenvalue weighted by atomic mass is 9.71. The number of aromatic nitrogens is 2. The quantitative estimate of drug-likeness (QED) is 0.553. The number of fused-ring (bicyclic) bond motifs is 1. The SMILES string of the molecule is CC(C)(C)OC(=O)N1CCC2(CC1)Cc1cc(C=CC(=O)N3CCC(=Cc4nccs4)CC3)cnc1NC2=O. The molecule has 2 fully saturated rings. The number of carbonyl (C=O) groups is 3. The van der Waals surface area contributed by atoms with Crippen molar-refractivity contribution in [3.05, 3.63) is 51.6 Å². The Morgan fingerprint density at radius 2 is 1.85 bits per heavy atom. The van der Waals surface area contributed by atoms with Crippen molar-refractivity contribution < 1.29 is 19.1 Å². The third-order valence-corrected chi connectivity index (χ3v) is 8.24. The van der Waals surface area contributed by atoms with Gasteiger partial charge in [0.1, 0.15) is 16.4 Å². The molecule has 0 bridgehead atoms. The highest BCUT2D eigenvalue weighted by atomic mass is 32.1. The maximum atomic E-state index is 13.1. The van der Waals surface area contributed by atoms with Gasteiger partial charge in [0.15, 0.2) is 0 Å². The van der Waals surface area contributed by atoms with Crippen LogP contribution in [0.5, 0.6) is 0 Å². The van der Waals surface area contributed by atoms with Crippen LogP contribution in [0.2, 0.25) is 0 Å². The fourth-order valence-corrected chi connectivity index (χ4v) is 5.93. The Balaban J connectivity index is 1.19. The topological polar surface area (TPSA) is 105 Å². The molecule has 2 aromatic heterocycles. The molecule has 206 valence electrons. The van der Waals surface area contributed by atoms with Gasteiger partial charge in [-0.2, -0.15) is 0 Å². The third kappa shape index (κ3) is 6.38. The number of ether oxygens (including phenoxy) is 1. The number of amides is 3. The van der Waals surface area contributed by atoms with E-state index in [1.807, 2.05) is 37.1 Å². The molecule has 0 atom stereocenters. The highest BCUT2D eigenvalue weighted by Gasteiger charge is 2.46. The summed E-state index contributed by atoms with van der Waals surface area (Å²) in [6, 6.07) is 2.00. The first-order valence-corrected chi connectivity index (χ1v) is 14.3. The van der Waals surface area contributed by atoms with E-state index in [2.05, 4.69) is 21.4 Å². The van der Waals surface area contributed by atoms with Gasteiger partial charge in [-0.1, -0.05) is 5.57 Å². The molecule has 3 aliphatic heterocycles. The Kier molecular flexibility index (Phi) is 7.57. The smallest absolute Gasteiger partial charge is 0.410 e. The van der Waals surface area contributed by atoms with Gasteiger partial charge in [0.05, 0.1) is 5.41 Å². The first-order chi connectivity index (χ1) is 18.6. The van der Waals surface area contributed by atoms with E-state index in [0.717, 1.165) is 29.0 Å². The number of hydrogen-bond acceptors (Lipinski definition) is 7. The number of likely N-dealkylation sites (tertiary alicyclic amines) is 2. The minimum Gasteiger partial charge on any atom is -0.444 e. The average molecular weight is 550 g/mol. The monoisotopic (exact) mass is 549 g/mol. The minimum atomic E-state index is -0.580. The van der Waals surface area contributed by atoms with Crippen LogP contribution in [-0.2, 0) is 20.7 Å². The van der Waals surface area contributed by atoms with Crippen LogP contribution in [0.3, 0.4) is 0 Å². The van der Waals surface area contributed by atoms with E-state index >= 15 is 0 Å². The molecule has 1 spiro atoms. The molecule has 5 heterocycles. The Morgan fingerprint density at radius 3 is 2.51 bits per heavy atom. The van der Waals surface area contributed by atoms with Gasteiger partial charge in [0, 0.05) is 50.0 Å². The lowest BCUT2D eigenvalue weighted by Crippen LogP contribution is -2.51. The molecule has 39 heavy (non-hydrogen) atoms. The number of thiazole rings is 1. The van der Waals surface area contributed by atoms with E-state index in [0.29, 0.717) is 51.3 Å². The van der Waals surface area contributed by atoms with Crippen molar-refractivity contribution in [2.45, 2.75) is 58.5 Å². The van der Waals surface area contributed by atoms with Gasteiger partial charge < -0.3 is 19.9 Å². The van der Waals surface area contributed by atoms with Crippen LogP contribution in [0.1, 0.15) is 62.6 Å². The van der Waals surface area contributed by atoms with Crippen molar-refractivity contribution in [2.75, 3.05) is 31.5 Å². The number of nitrogens with zero attached hydrogens (tertiary/aromatic N) is 4. The zero-order chi connectivity index (χ0) is 27.6. The molecule has 2 saturated heterocycles. The molecule has 0 radical (unpaired) electrons. The fourth-order valence-electron chi connectivity index (χ4n) is 5.31. The summed E-state index contributed by atoms with van der Waals surface area (Å²) in [6.45, 7) is 7.86. The molecule has 0 unspecified atom stereocenters. The number of pyridine rings is 1. The van der Waals surface area contributed by atoms with Crippen LogP contribution in [0.15, 0.2) is 35.5 Å². The molecule has 5 rings (SSSR count). The Labute approximate surface area is 233 Å². The van der Waals surface area contributed by atoms with E-state index in [-0.39, 0.29) is 17.9 Å². The van der Waals surface area contributed by atoms with Crippen LogP contribution >= 0.6 is 11.3 Å². The Hall–Kier alpha value is -3.53. The van der Waals surface area contributed by atoms with Gasteiger partial charge >= 0.3 is 6.09 Å². The number of rotatable bonds is 3. The molecule has 3 amide bonds. The van der Waals surface area contributed by atoms with E-state index in [9.17, 15) is 14.4 Å². The lowest BCUT2D eigenvalue weighted by Gasteiger charge is -2.43. The van der Waals surface area contributed by atoms with Gasteiger partial charge in [0.25, 0.3) is 0 Å². The predicted octanol–water partition coefficient (Wildman–Crippen LogP) is 4.77. The summed E-state index contributed by atoms with van der Waals surface area (Å²) >= 11 is 1.62. The zero-order valence-electron chi connectivity index (χ0n) is 22.7. The summed E-state index contributed by atoms with van der Waals surface area (Å²) in [5.74, 6) is 0.512. The van der Waals surface area contributed by atoms with E-state index in [1.165, 1.54) is 5.57 Å². The molecule has 0 aliphatic carbocycles. The van der Waals surface area contributed by atoms with Crippen molar-refractivity contribution in [1.29, 1.82) is 0 Å². The summed E-state index contributed by atoms with van der Waals surface area (Å²) in [5.41, 5.74) is 1.96. The normalized spacial score (nSPS) is 19.2. The van der Waals surface area contributed by atoms with Gasteiger partial charge in [-0.25, -0.2) is 14.8 Å². The molecular formula is C29H35N5O4S. The molecule has 0 saturated carbocycles. The molecule has 10 heteroatoms. The maximum Gasteiger partial charge on any atom is 0.410 e. The maximum absolute atomic E-state index is 13.1. The number of carbonyl (C=O) groups excluding carboxylic acids is 3. The van der Waals surface area contributed by atoms with Gasteiger partial charge in [-0.3, -0.25) is 9.59 Å². The Morgan fingerprint density at radius 1 is 1.10 bits per heavy atom. The lowest BCUT2D eigenvalue weighted by molar-refractivity contribution is -0.129. The summed E-state index contributed by atoms with van der Waals surface area (Å²) in [6.07, 6.45) is 12.1. The summed E-state index contributed by atoms with van der Waals surface area (Å²) in [7, 11) is 0. The molecule has 9 nitrogen and oxygen atoms in total. The number of anilines is 1. The second kappa shape index (κ2) is 10.9. The minimum absolute atomic E-state index is 0.0136. The van der Waals surface area contributed by atoms with Crippen molar-refractivity contribution in [3.8, 4) is 0 Å². The highest BCUT2D eigenvalue weighted by molar-refractivity contribution is 7.10. The van der Waals surface area contributed by atoms with Crippen LogP contribution in [0.4, 0.5) is 10.6 Å². The van der Waals surface area contributed by atoms with E-state index in [1.54, 1.807) is 40.8 Å². The van der Waals surface area contributed by atoms with Crippen molar-refractivity contribution in [1.82, 2.24) is 19.8 Å². The van der Waals surface area contributed by atoms with Crippen LogP contribution in [0.25, 0.3) is 12.2 Å². The van der Waals surface area contributed by atoms with Crippen molar-refractivity contribution >= 4 is 47.2 Å². The third-order valence-electron chi connectivity index (χ3n) is 7.52. The fraction of sp³-hybridized carbons (Fsp3) is 0.483. The van der Waals surface area contributed by atoms with Crippen LogP contribution in [-0.4, -0.2) is 69.5 Å². The van der Waals surface area contributed by atoms with Crippen molar-refractivity contribution in [3.63, 3.8) is 0 Å². The molecule has 3 aliphatic rings. The first-order valence-electron chi connectivity index (χ1n) is 13.4. The molecule has 0 aromatic carbocycles. The second-order valence-corrected chi connectivity index (χ2v) is 12.4. The molecule has 2 aromatic rings. The van der Waals surface area contributed by atoms with Crippen molar-refractivity contribution in [2.24, 2.45) is 5.41 Å². The van der Waals surface area contributed by atoms with Crippen LogP contribution in [0, 0.1) is 5.41 Å². The van der Waals surface area contributed by atoms with E-state index in [4.69, 9.17) is 4.74 Å². The number of nitrogens with one attached hydrogen (secondary N) is 1. The highest BCUT2D eigenvalue weighted by Crippen LogP contribution is 2.41. The van der Waals surface area contributed by atoms with Gasteiger partial charge in [0.2, 0.25) is 11.8 Å². The second-order valence-electron chi connectivity index (χ2n) is 11.5. The largest absolute Gasteiger partial charge is 0.444 e. The Bertz CT molecular complexity index is 1290. The standard InChI is InChI=1S/C29H35N5O4S/c1-28(2,3)38-27(37)34-13-8-29(9-14-34)18-22-16-21(19-31-25(22)32-26(29)36)4-5-24(35)33-11-6-20(7-12-33)17-23-30-10-15-39-23/h4-5,10,15-17,19H,6-9,11-14,18H2,1-3H3,(H,31,32,36). The number of hydrogen-bond donors (Lipinski definition) is 1. The first kappa shape index (κ1) is 27.1. The van der Waals surface area contributed by atoms with Gasteiger partial charge in [-0.15, -0.1) is 11.3 Å². The summed E-state index contributed by atoms with van der Waals surface area (Å²) < 4.78 is 5.50. The predicted molar refractivity (Wildman–Crippen MR) is 151 cm³/mol. The summed E-state index contributed by atoms with van der Waals surface area (Å²) in [4.78, 5) is 50.7. The van der Waals surface area contributed by atoms with E-state index < -0.39 is 11.0 Å². The molecule has 1 N–H and O–H groups in total. The van der Waals surface area contributed by atoms with Crippen LogP contribution < -0.4 is 5.32 Å². The summed E-state index contributed by atoms with van der Waals surface area (Å²) in [5, 5.41) is 5.95.